The Morgan fingerprint density at radius 3 is 2.53 bits per heavy atom. The number of aromatic nitrogens is 1. The summed E-state index contributed by atoms with van der Waals surface area (Å²) in [5.41, 5.74) is 6.57. The summed E-state index contributed by atoms with van der Waals surface area (Å²) in [7, 11) is 1.73. The molecule has 3 aromatic carbocycles. The van der Waals surface area contributed by atoms with Crippen molar-refractivity contribution < 1.29 is 19.2 Å². The summed E-state index contributed by atoms with van der Waals surface area (Å²) in [6.45, 7) is 4.60. The predicted molar refractivity (Wildman–Crippen MR) is 206 cm³/mol. The van der Waals surface area contributed by atoms with Crippen LogP contribution >= 0.6 is 0 Å². The molecule has 1 unspecified atom stereocenters. The Labute approximate surface area is 310 Å². The Morgan fingerprint density at radius 2 is 1.68 bits per heavy atom. The maximum absolute atomic E-state index is 13.8. The number of amides is 4. The van der Waals surface area contributed by atoms with Crippen molar-refractivity contribution in [2.24, 2.45) is 0 Å². The highest BCUT2D eigenvalue weighted by molar-refractivity contribution is 6.08. The van der Waals surface area contributed by atoms with Crippen molar-refractivity contribution in [3.63, 3.8) is 0 Å². The second-order valence-corrected chi connectivity index (χ2v) is 14.2. The third kappa shape index (κ3) is 8.58. The summed E-state index contributed by atoms with van der Waals surface area (Å²) < 4.78 is 0. The minimum atomic E-state index is -0.363. The fraction of sp³-hybridized carbons (Fsp3) is 0.357. The molecule has 3 aliphatic rings. The van der Waals surface area contributed by atoms with Crippen LogP contribution in [-0.2, 0) is 11.2 Å². The van der Waals surface area contributed by atoms with Gasteiger partial charge in [-0.2, -0.15) is 0 Å². The molecular formula is C42H47N7O4. The van der Waals surface area contributed by atoms with Crippen molar-refractivity contribution >= 4 is 35.0 Å². The molecule has 4 amide bonds. The van der Waals surface area contributed by atoms with E-state index in [-0.39, 0.29) is 29.7 Å². The van der Waals surface area contributed by atoms with Crippen LogP contribution < -0.4 is 20.9 Å². The van der Waals surface area contributed by atoms with Crippen LogP contribution in [-0.4, -0.2) is 91.3 Å². The summed E-state index contributed by atoms with van der Waals surface area (Å²) in [6, 6.07) is 24.4. The number of rotatable bonds is 10. The normalized spacial score (nSPS) is 17.3. The molecule has 3 heterocycles. The van der Waals surface area contributed by atoms with Crippen molar-refractivity contribution in [2.45, 2.75) is 44.6 Å². The first-order valence-electron chi connectivity index (χ1n) is 18.7. The molecule has 0 radical (unpaired) electrons. The first kappa shape index (κ1) is 35.8. The third-order valence-electron chi connectivity index (χ3n) is 10.5. The summed E-state index contributed by atoms with van der Waals surface area (Å²) in [5, 5.41) is 9.15. The van der Waals surface area contributed by atoms with Crippen LogP contribution in [0.15, 0.2) is 85.1 Å². The van der Waals surface area contributed by atoms with Crippen molar-refractivity contribution in [3.8, 4) is 11.3 Å². The van der Waals surface area contributed by atoms with Gasteiger partial charge in [-0.25, -0.2) is 0 Å². The standard InChI is InChI=1S/C42H47N7O4/c1-47(23-24-48-22-19-44-39(50)28-48)42(53)32-12-7-11-30(25-32)40(51)46-37-16-15-33(49-20-5-2-6-21-49)27-35(37)38-26-31(17-18-43-38)41(52)45-36-14-8-10-29-9-3-4-13-34(29)36/h3-4,7,9,11-13,15-18,25-27,36H,2,5-6,8,10,14,19-24,28H2,1H3,(H,44,50)(H,45,52)(H,46,51). The Morgan fingerprint density at radius 1 is 0.868 bits per heavy atom. The number of benzene rings is 3. The van der Waals surface area contributed by atoms with E-state index in [1.54, 1.807) is 54.5 Å². The average Bonchev–Trinajstić information content (AvgIpc) is 3.20. The largest absolute Gasteiger partial charge is 0.372 e. The molecular weight excluding hydrogens is 667 g/mol. The highest BCUT2D eigenvalue weighted by atomic mass is 16.2. The molecule has 11 nitrogen and oxygen atoms in total. The number of carbonyl (C=O) groups excluding carboxylic acids is 4. The second-order valence-electron chi connectivity index (χ2n) is 14.2. The van der Waals surface area contributed by atoms with Gasteiger partial charge in [0.25, 0.3) is 17.7 Å². The van der Waals surface area contributed by atoms with Gasteiger partial charge < -0.3 is 25.8 Å². The number of hydrogen-bond donors (Lipinski definition) is 3. The van der Waals surface area contributed by atoms with E-state index in [0.29, 0.717) is 59.8 Å². The highest BCUT2D eigenvalue weighted by Gasteiger charge is 2.24. The Balaban J connectivity index is 1.10. The van der Waals surface area contributed by atoms with E-state index in [1.807, 2.05) is 35.2 Å². The number of nitrogens with one attached hydrogen (secondary N) is 3. The van der Waals surface area contributed by atoms with Crippen molar-refractivity contribution in [3.05, 3.63) is 113 Å². The van der Waals surface area contributed by atoms with E-state index in [0.717, 1.165) is 57.4 Å². The maximum Gasteiger partial charge on any atom is 0.255 e. The zero-order valence-corrected chi connectivity index (χ0v) is 30.3. The van der Waals surface area contributed by atoms with E-state index in [9.17, 15) is 19.2 Å². The molecule has 2 saturated heterocycles. The zero-order chi connectivity index (χ0) is 36.7. The molecule has 1 aromatic heterocycles. The van der Waals surface area contributed by atoms with Gasteiger partial charge in [-0.1, -0.05) is 30.3 Å². The van der Waals surface area contributed by atoms with Gasteiger partial charge in [0.15, 0.2) is 0 Å². The SMILES string of the molecule is CN(CCN1CCNC(=O)C1)C(=O)c1cccc(C(=O)Nc2ccc(N3CCCCC3)cc2-c2cc(C(=O)NC3CCCc4ccccc43)ccn2)c1. The van der Waals surface area contributed by atoms with E-state index in [2.05, 4.69) is 38.0 Å². The lowest BCUT2D eigenvalue weighted by atomic mass is 9.87. The number of fused-ring (bicyclic) bond motifs is 1. The fourth-order valence-corrected chi connectivity index (χ4v) is 7.55. The van der Waals surface area contributed by atoms with E-state index in [1.165, 1.54) is 17.5 Å². The lowest BCUT2D eigenvalue weighted by Crippen LogP contribution is -2.49. The molecule has 11 heteroatoms. The molecule has 2 fully saturated rings. The number of likely N-dealkylation sites (N-methyl/N-ethyl adjacent to an activating group) is 1. The van der Waals surface area contributed by atoms with E-state index in [4.69, 9.17) is 0 Å². The molecule has 0 saturated carbocycles. The zero-order valence-electron chi connectivity index (χ0n) is 30.3. The number of nitrogens with zero attached hydrogens (tertiary/aromatic N) is 4. The van der Waals surface area contributed by atoms with Crippen LogP contribution in [0.5, 0.6) is 0 Å². The van der Waals surface area contributed by atoms with Crippen LogP contribution in [0.3, 0.4) is 0 Å². The minimum Gasteiger partial charge on any atom is -0.372 e. The molecule has 53 heavy (non-hydrogen) atoms. The number of piperazine rings is 1. The van der Waals surface area contributed by atoms with E-state index < -0.39 is 0 Å². The van der Waals surface area contributed by atoms with Crippen LogP contribution in [0.25, 0.3) is 11.3 Å². The number of aryl methyl sites for hydroxylation is 1. The van der Waals surface area contributed by atoms with Gasteiger partial charge >= 0.3 is 0 Å². The van der Waals surface area contributed by atoms with Gasteiger partial charge in [-0.3, -0.25) is 29.1 Å². The molecule has 2 aliphatic heterocycles. The molecule has 1 aliphatic carbocycles. The highest BCUT2D eigenvalue weighted by Crippen LogP contribution is 2.34. The Kier molecular flexibility index (Phi) is 11.1. The topological polar surface area (TPSA) is 127 Å². The predicted octanol–water partition coefficient (Wildman–Crippen LogP) is 5.30. The van der Waals surface area contributed by atoms with E-state index >= 15 is 0 Å². The first-order chi connectivity index (χ1) is 25.8. The number of anilines is 2. The van der Waals surface area contributed by atoms with Crippen molar-refractivity contribution in [2.75, 3.05) is 63.1 Å². The van der Waals surface area contributed by atoms with Crippen molar-refractivity contribution in [1.82, 2.24) is 25.4 Å². The second kappa shape index (κ2) is 16.4. The van der Waals surface area contributed by atoms with Crippen LogP contribution in [0.4, 0.5) is 11.4 Å². The minimum absolute atomic E-state index is 0.0108. The monoisotopic (exact) mass is 713 g/mol. The summed E-state index contributed by atoms with van der Waals surface area (Å²) in [4.78, 5) is 63.3. The summed E-state index contributed by atoms with van der Waals surface area (Å²) in [6.07, 6.45) is 8.00. The van der Waals surface area contributed by atoms with Crippen molar-refractivity contribution in [1.29, 1.82) is 0 Å². The Bertz CT molecular complexity index is 1990. The number of pyridine rings is 1. The van der Waals surface area contributed by atoms with Gasteiger partial charge in [0, 0.05) is 80.5 Å². The van der Waals surface area contributed by atoms with Gasteiger partial charge in [0.2, 0.25) is 5.91 Å². The van der Waals surface area contributed by atoms with Crippen LogP contribution in [0.1, 0.15) is 80.3 Å². The Hall–Kier alpha value is -5.55. The quantitative estimate of drug-likeness (QED) is 0.204. The van der Waals surface area contributed by atoms with Gasteiger partial charge in [0.1, 0.15) is 0 Å². The van der Waals surface area contributed by atoms with Crippen LogP contribution in [0, 0.1) is 0 Å². The van der Waals surface area contributed by atoms with Crippen LogP contribution in [0.2, 0.25) is 0 Å². The molecule has 0 spiro atoms. The fourth-order valence-electron chi connectivity index (χ4n) is 7.55. The lowest BCUT2D eigenvalue weighted by Gasteiger charge is -2.29. The molecule has 3 N–H and O–H groups in total. The molecule has 274 valence electrons. The average molecular weight is 714 g/mol. The van der Waals surface area contributed by atoms with Gasteiger partial charge in [0.05, 0.1) is 24.0 Å². The third-order valence-corrected chi connectivity index (χ3v) is 10.5. The first-order valence-corrected chi connectivity index (χ1v) is 18.7. The molecule has 0 bridgehead atoms. The summed E-state index contributed by atoms with van der Waals surface area (Å²) >= 11 is 0. The number of piperidine rings is 1. The van der Waals surface area contributed by atoms with Gasteiger partial charge in [-0.15, -0.1) is 0 Å². The maximum atomic E-state index is 13.8. The summed E-state index contributed by atoms with van der Waals surface area (Å²) in [5.74, 6) is -0.744. The molecule has 7 rings (SSSR count). The van der Waals surface area contributed by atoms with Gasteiger partial charge in [-0.05, 0) is 98.2 Å². The smallest absolute Gasteiger partial charge is 0.255 e. The molecule has 4 aromatic rings. The lowest BCUT2D eigenvalue weighted by molar-refractivity contribution is -0.124. The number of hydrogen-bond acceptors (Lipinski definition) is 7. The molecule has 1 atom stereocenters. The number of carbonyl (C=O) groups is 4.